The fourth-order valence-corrected chi connectivity index (χ4v) is 27.5. The van der Waals surface area contributed by atoms with E-state index in [2.05, 4.69) is 390 Å². The summed E-state index contributed by atoms with van der Waals surface area (Å²) in [7, 11) is -5.31. The van der Waals surface area contributed by atoms with Crippen molar-refractivity contribution >= 4 is 205 Å². The number of aromatic nitrogens is 2. The van der Waals surface area contributed by atoms with E-state index in [1.807, 2.05) is 0 Å². The summed E-state index contributed by atoms with van der Waals surface area (Å²) < 4.78 is 5.07. The van der Waals surface area contributed by atoms with Gasteiger partial charge in [0, 0.05) is 112 Å². The van der Waals surface area contributed by atoms with Crippen molar-refractivity contribution in [1.29, 1.82) is 0 Å². The minimum atomic E-state index is -2.66. The molecule has 0 fully saturated rings. The third kappa shape index (κ3) is 7.33. The van der Waals surface area contributed by atoms with Crippen LogP contribution < -0.4 is 60.5 Å². The zero-order valence-corrected chi connectivity index (χ0v) is 58.5. The van der Waals surface area contributed by atoms with Crippen molar-refractivity contribution in [3.8, 4) is 11.4 Å². The van der Waals surface area contributed by atoms with E-state index in [-0.39, 0.29) is 0 Å². The van der Waals surface area contributed by atoms with Crippen molar-refractivity contribution in [3.63, 3.8) is 0 Å². The van der Waals surface area contributed by atoms with Gasteiger partial charge in [-0.25, -0.2) is 0 Å². The average molecular weight is 1360 g/mol. The first-order valence-corrected chi connectivity index (χ1v) is 39.6. The molecule has 0 N–H and O–H groups in total. The highest BCUT2D eigenvalue weighted by atomic mass is 28.3. The van der Waals surface area contributed by atoms with Crippen LogP contribution in [-0.4, -0.2) is 26.7 Å². The minimum Gasteiger partial charge on any atom is -0.310 e. The molecule has 0 saturated carbocycles. The smallest absolute Gasteiger partial charge is 0.149 e. The number of para-hydroxylation sites is 10. The van der Waals surface area contributed by atoms with E-state index < -0.39 is 17.6 Å². The van der Waals surface area contributed by atoms with E-state index in [0.29, 0.717) is 0 Å². The Morgan fingerprint density at radius 1 is 0.163 bits per heavy atom. The Morgan fingerprint density at radius 3 is 0.731 bits per heavy atom. The molecule has 8 nitrogen and oxygen atoms in total. The Morgan fingerprint density at radius 2 is 0.413 bits per heavy atom. The minimum absolute atomic E-state index is 1.12. The number of fused-ring (bicyclic) bond motifs is 11. The summed E-state index contributed by atoms with van der Waals surface area (Å²) in [4.78, 5) is 16.1. The lowest BCUT2D eigenvalue weighted by Gasteiger charge is -2.52. The molecule has 6 aliphatic rings. The van der Waals surface area contributed by atoms with Crippen LogP contribution in [0.25, 0.3) is 65.8 Å². The van der Waals surface area contributed by atoms with Crippen LogP contribution in [0.15, 0.2) is 352 Å². The van der Waals surface area contributed by atoms with E-state index in [4.69, 9.17) is 0 Å². The van der Waals surface area contributed by atoms with Crippen molar-refractivity contribution in [2.45, 2.75) is 0 Å². The molecule has 2 aromatic heterocycles. The van der Waals surface area contributed by atoms with Gasteiger partial charge in [-0.3, -0.25) is 0 Å². The second kappa shape index (κ2) is 21.1. The monoisotopic (exact) mass is 1360 g/mol. The molecule has 10 heteroatoms. The first-order valence-electron chi connectivity index (χ1n) is 36.1. The molecule has 24 rings (SSSR count). The van der Waals surface area contributed by atoms with Gasteiger partial charge in [-0.2, -0.15) is 0 Å². The Hall–Kier alpha value is -13.4. The van der Waals surface area contributed by atoms with Gasteiger partial charge in [0.05, 0.1) is 56.2 Å². The molecule has 2 unspecified atom stereocenters. The predicted octanol–water partition coefficient (Wildman–Crippen LogP) is 20.2. The van der Waals surface area contributed by atoms with E-state index in [9.17, 15) is 0 Å². The number of hydrogen-bond donors (Lipinski definition) is 0. The Balaban J connectivity index is 0.919. The van der Waals surface area contributed by atoms with Crippen LogP contribution in [0, 0.1) is 0 Å². The first kappa shape index (κ1) is 56.4. The summed E-state index contributed by atoms with van der Waals surface area (Å²) >= 11 is 0. The summed E-state index contributed by atoms with van der Waals surface area (Å²) in [5.41, 5.74) is 28.5. The zero-order chi connectivity index (χ0) is 67.6. The molecular formula is C94H60N8Si2. The summed E-state index contributed by atoms with van der Waals surface area (Å²) in [6, 6.07) is 133. The molecule has 0 amide bonds. The lowest BCUT2D eigenvalue weighted by atomic mass is 9.96. The maximum atomic E-state index is 2.70. The molecule has 0 spiro atoms. The summed E-state index contributed by atoms with van der Waals surface area (Å²) in [5.74, 6) is 0. The van der Waals surface area contributed by atoms with Gasteiger partial charge in [-0.15, -0.1) is 0 Å². The summed E-state index contributed by atoms with van der Waals surface area (Å²) in [5, 5.41) is 16.0. The molecule has 18 aromatic rings. The van der Waals surface area contributed by atoms with Gasteiger partial charge in [0.25, 0.3) is 0 Å². The maximum Gasteiger partial charge on any atom is 0.149 e. The van der Waals surface area contributed by atoms with E-state index in [0.717, 1.165) is 45.5 Å². The topological polar surface area (TPSA) is 29.3 Å². The highest BCUT2D eigenvalue weighted by Gasteiger charge is 2.54. The van der Waals surface area contributed by atoms with Crippen LogP contribution in [0.1, 0.15) is 0 Å². The third-order valence-electron chi connectivity index (χ3n) is 23.1. The van der Waals surface area contributed by atoms with Gasteiger partial charge < -0.3 is 38.5 Å². The average Bonchev–Trinajstić information content (AvgIpc) is 0.945. The van der Waals surface area contributed by atoms with Gasteiger partial charge in [-0.05, 0) is 189 Å². The molecular weight excluding hydrogens is 1300 g/mol. The quantitative estimate of drug-likeness (QED) is 0.141. The van der Waals surface area contributed by atoms with E-state index in [1.54, 1.807) is 0 Å². The zero-order valence-electron chi connectivity index (χ0n) is 56.2. The number of rotatable bonds is 8. The number of benzene rings is 16. The second-order valence-electron chi connectivity index (χ2n) is 28.2. The maximum absolute atomic E-state index is 2.70. The molecule has 104 heavy (non-hydrogen) atoms. The fraction of sp³-hybridized carbons (Fsp3) is 0. The number of nitrogens with zero attached hydrogens (tertiary/aromatic N) is 8. The van der Waals surface area contributed by atoms with Crippen LogP contribution in [0.4, 0.5) is 102 Å². The Labute approximate surface area is 603 Å². The summed E-state index contributed by atoms with van der Waals surface area (Å²) in [6.45, 7) is 0. The van der Waals surface area contributed by atoms with Crippen LogP contribution in [-0.2, 0) is 0 Å². The SMILES string of the molecule is c1ccc(N2c3cc4c5c6c(cc4c4c3[SiH]3c7c(cccc7N(c7ccccc7)c7c3c2cc2c7c3ccccc3n2-c2ccccc2)N4c2ccccc2)N(c2ccccc2)c2cc3c(c4c2[SiH]6c2c(cccc2N4c2ccccc2)N5c2ccccc2)c2ccccc2n3-c2ccccc2)cc1. The molecule has 2 atom stereocenters. The van der Waals surface area contributed by atoms with Gasteiger partial charge in [0.15, 0.2) is 0 Å². The molecule has 0 bridgehead atoms. The highest BCUT2D eigenvalue weighted by Crippen LogP contribution is 2.60. The van der Waals surface area contributed by atoms with Crippen LogP contribution in [0.3, 0.4) is 0 Å². The Kier molecular flexibility index (Phi) is 11.4. The van der Waals surface area contributed by atoms with Crippen molar-refractivity contribution in [2.24, 2.45) is 0 Å². The molecule has 8 heterocycles. The number of anilines is 18. The van der Waals surface area contributed by atoms with Gasteiger partial charge in [-0.1, -0.05) is 194 Å². The van der Waals surface area contributed by atoms with E-state index >= 15 is 0 Å². The fourth-order valence-electron chi connectivity index (χ4n) is 19.4. The van der Waals surface area contributed by atoms with Crippen molar-refractivity contribution in [3.05, 3.63) is 352 Å². The van der Waals surface area contributed by atoms with Crippen molar-refractivity contribution in [1.82, 2.24) is 9.13 Å². The van der Waals surface area contributed by atoms with Gasteiger partial charge in [0.2, 0.25) is 0 Å². The van der Waals surface area contributed by atoms with Gasteiger partial charge >= 0.3 is 0 Å². The second-order valence-corrected chi connectivity index (χ2v) is 33.4. The standard InChI is InChI=1S/C94H60N8Si2/c1-9-31-59(32-10-1)95-71-49-27-25-47-67(71)83-77(95)57-81-93-87(83)101(65-43-21-7-22-44-65)75-53-29-51-73-89(75)103(93)91-79(97(81)61-35-13-3-14-36-61)55-69-70(85(91)99(73)63-39-17-5-18-40-63)56-80-92-86(69)100(64-41-19-6-20-42-64)74-52-30-54-76-90(74)104(92)94-82(98(80)62-37-15-4-16-38-62)58-78-84(88(94)102(76)66-45-23-8-24-46-66)68-48-26-28-50-72(68)96(78)60-33-11-2-12-34-60/h1-58,103-104H. The third-order valence-corrected chi connectivity index (χ3v) is 30.0. The van der Waals surface area contributed by atoms with E-state index in [1.165, 1.54) is 154 Å². The molecule has 0 radical (unpaired) electrons. The largest absolute Gasteiger partial charge is 0.310 e. The van der Waals surface area contributed by atoms with Crippen molar-refractivity contribution in [2.75, 3.05) is 29.4 Å². The molecule has 0 saturated heterocycles. The number of hydrogen-bond acceptors (Lipinski definition) is 6. The van der Waals surface area contributed by atoms with Gasteiger partial charge in [0.1, 0.15) is 17.6 Å². The molecule has 16 aromatic carbocycles. The highest BCUT2D eigenvalue weighted by molar-refractivity contribution is 7.04. The normalized spacial score (nSPS) is 15.2. The van der Waals surface area contributed by atoms with Crippen LogP contribution in [0.5, 0.6) is 0 Å². The first-order chi connectivity index (χ1) is 51.7. The lowest BCUT2D eigenvalue weighted by Crippen LogP contribution is -2.65. The van der Waals surface area contributed by atoms with Crippen LogP contribution in [0.2, 0.25) is 0 Å². The van der Waals surface area contributed by atoms with Crippen molar-refractivity contribution < 1.29 is 0 Å². The molecule has 6 aliphatic heterocycles. The van der Waals surface area contributed by atoms with Crippen LogP contribution >= 0.6 is 0 Å². The molecule has 484 valence electrons. The lowest BCUT2D eigenvalue weighted by molar-refractivity contribution is 1.17. The molecule has 0 aliphatic carbocycles. The predicted molar refractivity (Wildman–Crippen MR) is 440 cm³/mol. The Bertz CT molecular complexity index is 6290. The summed E-state index contributed by atoms with van der Waals surface area (Å²) in [6.07, 6.45) is 0.